The Kier molecular flexibility index (Phi) is 8.42. The first-order valence-corrected chi connectivity index (χ1v) is 14.7. The van der Waals surface area contributed by atoms with E-state index < -0.39 is 20.0 Å². The highest BCUT2D eigenvalue weighted by molar-refractivity contribution is 7.93. The lowest BCUT2D eigenvalue weighted by Crippen LogP contribution is -2.31. The molecule has 3 aromatic rings. The molecule has 2 N–H and O–H groups in total. The van der Waals surface area contributed by atoms with Crippen LogP contribution in [-0.4, -0.2) is 40.5 Å². The molecule has 9 nitrogen and oxygen atoms in total. The normalized spacial score (nSPS) is 11.7. The minimum Gasteiger partial charge on any atom is -0.326 e. The monoisotopic (exact) mass is 562 g/mol. The number of thiazole rings is 1. The zero-order valence-electron chi connectivity index (χ0n) is 17.7. The highest BCUT2D eigenvalue weighted by atomic mass is 35.5. The second kappa shape index (κ2) is 10.9. The van der Waals surface area contributed by atoms with Gasteiger partial charge < -0.3 is 5.32 Å². The lowest BCUT2D eigenvalue weighted by Gasteiger charge is -2.23. The molecule has 14 heteroatoms. The fourth-order valence-electron chi connectivity index (χ4n) is 2.91. The average Bonchev–Trinajstić information content (AvgIpc) is 3.25. The molecular formula is C20H20Cl2N4O5S3. The summed E-state index contributed by atoms with van der Waals surface area (Å²) in [5.74, 6) is -0.359. The number of nitrogens with one attached hydrogen (secondary N) is 2. The van der Waals surface area contributed by atoms with Gasteiger partial charge in [0.1, 0.15) is 0 Å². The van der Waals surface area contributed by atoms with Gasteiger partial charge in [0.15, 0.2) is 5.13 Å². The second-order valence-corrected chi connectivity index (χ2v) is 12.4. The summed E-state index contributed by atoms with van der Waals surface area (Å²) in [6.45, 7) is 0.0198. The van der Waals surface area contributed by atoms with Crippen LogP contribution in [0.4, 0.5) is 16.5 Å². The third-order valence-corrected chi connectivity index (χ3v) is 8.35. The number of carbonyl (C=O) groups is 1. The van der Waals surface area contributed by atoms with Crippen molar-refractivity contribution in [1.29, 1.82) is 0 Å². The Morgan fingerprint density at radius 3 is 2.41 bits per heavy atom. The third kappa shape index (κ3) is 7.06. The summed E-state index contributed by atoms with van der Waals surface area (Å²) < 4.78 is 52.7. The van der Waals surface area contributed by atoms with Gasteiger partial charge in [-0.3, -0.25) is 13.8 Å². The van der Waals surface area contributed by atoms with Crippen molar-refractivity contribution < 1.29 is 21.6 Å². The van der Waals surface area contributed by atoms with Gasteiger partial charge in [0.2, 0.25) is 15.9 Å². The Labute approximate surface area is 211 Å². The molecule has 182 valence electrons. The van der Waals surface area contributed by atoms with Crippen molar-refractivity contribution in [3.63, 3.8) is 0 Å². The van der Waals surface area contributed by atoms with Gasteiger partial charge in [-0.2, -0.15) is 0 Å². The Hall–Kier alpha value is -2.38. The highest BCUT2D eigenvalue weighted by Gasteiger charge is 2.21. The van der Waals surface area contributed by atoms with Crippen LogP contribution in [0, 0.1) is 0 Å². The molecule has 1 aromatic heterocycles. The van der Waals surface area contributed by atoms with Crippen LogP contribution in [0.2, 0.25) is 10.0 Å². The van der Waals surface area contributed by atoms with Gasteiger partial charge in [0.25, 0.3) is 10.0 Å². The van der Waals surface area contributed by atoms with E-state index in [1.807, 2.05) is 0 Å². The fraction of sp³-hybridized carbons (Fsp3) is 0.200. The molecule has 0 atom stereocenters. The molecule has 1 heterocycles. The van der Waals surface area contributed by atoms with Crippen LogP contribution in [-0.2, 0) is 24.8 Å². The summed E-state index contributed by atoms with van der Waals surface area (Å²) >= 11 is 13.3. The van der Waals surface area contributed by atoms with E-state index in [1.54, 1.807) is 11.4 Å². The number of nitrogens with zero attached hydrogens (tertiary/aromatic N) is 2. The molecule has 0 bridgehead atoms. The Morgan fingerprint density at radius 2 is 1.79 bits per heavy atom. The third-order valence-electron chi connectivity index (χ3n) is 4.44. The van der Waals surface area contributed by atoms with E-state index in [-0.39, 0.29) is 46.0 Å². The van der Waals surface area contributed by atoms with Crippen LogP contribution in [0.15, 0.2) is 58.9 Å². The van der Waals surface area contributed by atoms with E-state index >= 15 is 0 Å². The number of hydrogen-bond acceptors (Lipinski definition) is 7. The number of amides is 1. The lowest BCUT2D eigenvalue weighted by molar-refractivity contribution is -0.116. The minimum atomic E-state index is -3.80. The lowest BCUT2D eigenvalue weighted by atomic mass is 10.2. The van der Waals surface area contributed by atoms with Crippen LogP contribution < -0.4 is 14.3 Å². The first-order chi connectivity index (χ1) is 16.0. The van der Waals surface area contributed by atoms with Crippen molar-refractivity contribution >= 4 is 77.0 Å². The maximum absolute atomic E-state index is 12.4. The summed E-state index contributed by atoms with van der Waals surface area (Å²) in [7, 11) is -7.46. The summed E-state index contributed by atoms with van der Waals surface area (Å²) in [6.07, 6.45) is 2.77. The van der Waals surface area contributed by atoms with Gasteiger partial charge in [-0.05, 0) is 48.9 Å². The second-order valence-electron chi connectivity index (χ2n) is 7.05. The van der Waals surface area contributed by atoms with E-state index in [4.69, 9.17) is 23.2 Å². The summed E-state index contributed by atoms with van der Waals surface area (Å²) in [6, 6.07) is 10.1. The number of halogens is 2. The zero-order chi connectivity index (χ0) is 24.9. The number of benzene rings is 2. The van der Waals surface area contributed by atoms with Gasteiger partial charge in [-0.15, -0.1) is 11.3 Å². The van der Waals surface area contributed by atoms with Crippen molar-refractivity contribution in [2.24, 2.45) is 0 Å². The molecule has 0 aliphatic carbocycles. The zero-order valence-corrected chi connectivity index (χ0v) is 21.7. The standard InChI is InChI=1S/C20H20Cl2N4O5S3/c1-33(28,29)26(18-13-14(21)4-9-17(18)22)11-2-3-19(27)24-15-5-7-16(8-6-15)34(30,31)25-20-23-10-12-32-20/h4-10,12-13H,2-3,11H2,1H3,(H,23,25)(H,24,27). The number of aromatic nitrogens is 1. The maximum atomic E-state index is 12.4. The van der Waals surface area contributed by atoms with Gasteiger partial charge in [0.05, 0.1) is 21.9 Å². The van der Waals surface area contributed by atoms with Crippen LogP contribution in [0.3, 0.4) is 0 Å². The molecule has 3 rings (SSSR count). The smallest absolute Gasteiger partial charge is 0.263 e. The topological polar surface area (TPSA) is 126 Å². The largest absolute Gasteiger partial charge is 0.326 e. The van der Waals surface area contributed by atoms with Crippen molar-refractivity contribution in [3.8, 4) is 0 Å². The Bertz CT molecular complexity index is 1360. The number of hydrogen-bond donors (Lipinski definition) is 2. The number of carbonyl (C=O) groups excluding carboxylic acids is 1. The van der Waals surface area contributed by atoms with Crippen molar-refractivity contribution in [3.05, 3.63) is 64.1 Å². The van der Waals surface area contributed by atoms with E-state index in [0.29, 0.717) is 10.7 Å². The van der Waals surface area contributed by atoms with Crippen molar-refractivity contribution in [2.45, 2.75) is 17.7 Å². The summed E-state index contributed by atoms with van der Waals surface area (Å²) in [4.78, 5) is 16.2. The van der Waals surface area contributed by atoms with Crippen molar-refractivity contribution in [1.82, 2.24) is 4.98 Å². The average molecular weight is 564 g/mol. The fourth-order valence-corrected chi connectivity index (χ4v) is 6.11. The number of anilines is 3. The molecule has 0 saturated heterocycles. The van der Waals surface area contributed by atoms with Gasteiger partial charge in [0, 0.05) is 35.3 Å². The first-order valence-electron chi connectivity index (χ1n) is 9.71. The van der Waals surface area contributed by atoms with Gasteiger partial charge in [-0.1, -0.05) is 23.2 Å². The molecule has 34 heavy (non-hydrogen) atoms. The quantitative estimate of drug-likeness (QED) is 0.376. The first kappa shape index (κ1) is 26.2. The maximum Gasteiger partial charge on any atom is 0.263 e. The molecule has 0 radical (unpaired) electrons. The summed E-state index contributed by atoms with van der Waals surface area (Å²) in [5, 5.41) is 5.11. The molecule has 0 unspecified atom stereocenters. The molecule has 0 aliphatic rings. The van der Waals surface area contributed by atoms with Crippen LogP contribution in [0.5, 0.6) is 0 Å². The van der Waals surface area contributed by atoms with E-state index in [1.165, 1.54) is 42.6 Å². The van der Waals surface area contributed by atoms with Gasteiger partial charge >= 0.3 is 0 Å². The highest BCUT2D eigenvalue weighted by Crippen LogP contribution is 2.31. The molecule has 2 aromatic carbocycles. The van der Waals surface area contributed by atoms with Crippen molar-refractivity contribution in [2.75, 3.05) is 27.1 Å². The van der Waals surface area contributed by atoms with Crippen LogP contribution >= 0.6 is 34.5 Å². The Balaban J connectivity index is 1.58. The molecule has 1 amide bonds. The molecule has 0 saturated carbocycles. The minimum absolute atomic E-state index is 0.0166. The number of rotatable bonds is 10. The molecule has 0 spiro atoms. The van der Waals surface area contributed by atoms with E-state index in [9.17, 15) is 21.6 Å². The molecule has 0 aliphatic heterocycles. The van der Waals surface area contributed by atoms with Gasteiger partial charge in [-0.25, -0.2) is 21.8 Å². The van der Waals surface area contributed by atoms with Crippen LogP contribution in [0.25, 0.3) is 0 Å². The van der Waals surface area contributed by atoms with E-state index in [0.717, 1.165) is 21.9 Å². The predicted molar refractivity (Wildman–Crippen MR) is 136 cm³/mol. The predicted octanol–water partition coefficient (Wildman–Crippen LogP) is 4.44. The number of sulfonamides is 2. The van der Waals surface area contributed by atoms with E-state index in [2.05, 4.69) is 15.0 Å². The summed E-state index contributed by atoms with van der Waals surface area (Å²) in [5.41, 5.74) is 0.635. The molecule has 0 fully saturated rings. The molecular weight excluding hydrogens is 543 g/mol. The Morgan fingerprint density at radius 1 is 1.09 bits per heavy atom. The SMILES string of the molecule is CS(=O)(=O)N(CCCC(=O)Nc1ccc(S(=O)(=O)Nc2nccs2)cc1)c1cc(Cl)ccc1Cl. The van der Waals surface area contributed by atoms with Crippen LogP contribution in [0.1, 0.15) is 12.8 Å².